The Balaban J connectivity index is 0.000000171. The number of hydrogen-bond donors (Lipinski definition) is 3. The number of hydrogen-bond acceptors (Lipinski definition) is 3. The van der Waals surface area contributed by atoms with Crippen LogP contribution in [-0.2, 0) is 4.74 Å². The van der Waals surface area contributed by atoms with Gasteiger partial charge in [-0.2, -0.15) is 0 Å². The molecule has 2 heterocycles. The van der Waals surface area contributed by atoms with E-state index >= 15 is 0 Å². The molecule has 6 rings (SSSR count). The first-order chi connectivity index (χ1) is 20.7. The molecule has 0 fully saturated rings. The molecule has 6 aromatic rings. The fraction of sp³-hybridized carbons (Fsp3) is 0.0909. The predicted molar refractivity (Wildman–Crippen MR) is 172 cm³/mol. The van der Waals surface area contributed by atoms with Gasteiger partial charge in [0.25, 0.3) is 5.91 Å². The van der Waals surface area contributed by atoms with Gasteiger partial charge in [-0.25, -0.2) is 13.6 Å². The third-order valence-electron chi connectivity index (χ3n) is 6.72. The first kappa shape index (κ1) is 30.2. The number of carbonyl (C=O) groups is 2. The van der Waals surface area contributed by atoms with E-state index in [9.17, 15) is 18.4 Å². The lowest BCUT2D eigenvalue weighted by atomic mass is 10.0. The number of H-pyrrole nitrogens is 2. The third kappa shape index (κ3) is 6.40. The van der Waals surface area contributed by atoms with Crippen LogP contribution >= 0.6 is 31.9 Å². The second-order valence-electron chi connectivity index (χ2n) is 9.44. The van der Waals surface area contributed by atoms with Crippen LogP contribution in [0.25, 0.3) is 44.3 Å². The summed E-state index contributed by atoms with van der Waals surface area (Å²) in [5, 5.41) is 4.24. The Morgan fingerprint density at radius 2 is 1.16 bits per heavy atom. The summed E-state index contributed by atoms with van der Waals surface area (Å²) in [6.07, 6.45) is 0. The Labute approximate surface area is 262 Å². The molecule has 0 spiro atoms. The monoisotopic (exact) mass is 707 g/mol. The van der Waals surface area contributed by atoms with Crippen molar-refractivity contribution in [3.8, 4) is 22.5 Å². The predicted octanol–water partition coefficient (Wildman–Crippen LogP) is 9.01. The lowest BCUT2D eigenvalue weighted by molar-refractivity contribution is 0.0529. The van der Waals surface area contributed by atoms with Crippen LogP contribution in [-0.4, -0.2) is 35.5 Å². The minimum atomic E-state index is -0.397. The van der Waals surface area contributed by atoms with Crippen molar-refractivity contribution < 1.29 is 23.1 Å². The molecule has 0 radical (unpaired) electrons. The lowest BCUT2D eigenvalue weighted by Gasteiger charge is -2.05. The van der Waals surface area contributed by atoms with Gasteiger partial charge in [-0.3, -0.25) is 4.79 Å². The summed E-state index contributed by atoms with van der Waals surface area (Å²) < 4.78 is 33.2. The minimum absolute atomic E-state index is 0.182. The lowest BCUT2D eigenvalue weighted by Crippen LogP contribution is -2.18. The van der Waals surface area contributed by atoms with Crippen molar-refractivity contribution in [2.45, 2.75) is 6.92 Å². The van der Waals surface area contributed by atoms with Crippen LogP contribution in [0, 0.1) is 11.6 Å². The second-order valence-corrected chi connectivity index (χ2v) is 11.3. The van der Waals surface area contributed by atoms with Crippen LogP contribution in [0.1, 0.15) is 27.6 Å². The maximum atomic E-state index is 13.1. The third-order valence-corrected chi connectivity index (χ3v) is 7.71. The van der Waals surface area contributed by atoms with E-state index in [4.69, 9.17) is 4.74 Å². The number of carbonyl (C=O) groups excluding carboxylic acids is 2. The van der Waals surface area contributed by atoms with Gasteiger partial charge in [-0.1, -0.05) is 31.9 Å². The van der Waals surface area contributed by atoms with Gasteiger partial charge in [0.2, 0.25) is 0 Å². The highest BCUT2D eigenvalue weighted by Crippen LogP contribution is 2.34. The molecule has 218 valence electrons. The zero-order valence-corrected chi connectivity index (χ0v) is 26.2. The number of halogens is 4. The van der Waals surface area contributed by atoms with Gasteiger partial charge >= 0.3 is 5.97 Å². The number of aromatic amines is 2. The maximum absolute atomic E-state index is 13.1. The summed E-state index contributed by atoms with van der Waals surface area (Å²) in [7, 11) is 1.59. The van der Waals surface area contributed by atoms with Crippen molar-refractivity contribution in [2.75, 3.05) is 13.7 Å². The molecule has 43 heavy (non-hydrogen) atoms. The molecule has 0 saturated carbocycles. The fourth-order valence-electron chi connectivity index (χ4n) is 4.77. The van der Waals surface area contributed by atoms with Crippen molar-refractivity contribution in [3.63, 3.8) is 0 Å². The summed E-state index contributed by atoms with van der Waals surface area (Å²) in [6.45, 7) is 2.06. The molecule has 2 aromatic heterocycles. The van der Waals surface area contributed by atoms with Crippen LogP contribution in [0.15, 0.2) is 93.9 Å². The Hall–Kier alpha value is -4.28. The van der Waals surface area contributed by atoms with Gasteiger partial charge in [0.1, 0.15) is 11.6 Å². The van der Waals surface area contributed by atoms with E-state index in [0.29, 0.717) is 29.1 Å². The van der Waals surface area contributed by atoms with Gasteiger partial charge < -0.3 is 20.0 Å². The molecule has 10 heteroatoms. The highest BCUT2D eigenvalue weighted by molar-refractivity contribution is 9.10. The van der Waals surface area contributed by atoms with E-state index in [1.165, 1.54) is 24.3 Å². The van der Waals surface area contributed by atoms with Crippen molar-refractivity contribution >= 4 is 65.5 Å². The highest BCUT2D eigenvalue weighted by atomic mass is 79.9. The van der Waals surface area contributed by atoms with E-state index in [1.54, 1.807) is 38.2 Å². The zero-order chi connectivity index (χ0) is 30.7. The summed E-state index contributed by atoms with van der Waals surface area (Å²) in [6, 6.07) is 23.4. The summed E-state index contributed by atoms with van der Waals surface area (Å²) in [5.74, 6) is -1.20. The SMILES string of the molecule is CCOC(=O)c1c(-c2ccc(F)cc2)[nH]c2ccc(Br)cc12.CNC(=O)c1c(-c2ccc(F)cc2)[nH]c2ccc(Br)cc12. The van der Waals surface area contributed by atoms with Crippen LogP contribution in [0.4, 0.5) is 8.78 Å². The molecule has 4 aromatic carbocycles. The molecular formula is C33H25Br2F2N3O3. The van der Waals surface area contributed by atoms with Gasteiger partial charge in [-0.15, -0.1) is 0 Å². The largest absolute Gasteiger partial charge is 0.462 e. The zero-order valence-electron chi connectivity index (χ0n) is 23.0. The van der Waals surface area contributed by atoms with Crippen molar-refractivity contribution in [1.82, 2.24) is 15.3 Å². The molecule has 0 aliphatic carbocycles. The average Bonchev–Trinajstić information content (AvgIpc) is 3.56. The molecule has 3 N–H and O–H groups in total. The highest BCUT2D eigenvalue weighted by Gasteiger charge is 2.21. The van der Waals surface area contributed by atoms with Crippen molar-refractivity contribution in [3.05, 3.63) is 117 Å². The molecule has 1 amide bonds. The molecule has 0 aliphatic heterocycles. The number of ether oxygens (including phenoxy) is 1. The van der Waals surface area contributed by atoms with Gasteiger partial charge in [0, 0.05) is 37.8 Å². The van der Waals surface area contributed by atoms with Gasteiger partial charge in [0.15, 0.2) is 0 Å². The molecule has 6 nitrogen and oxygen atoms in total. The number of fused-ring (bicyclic) bond motifs is 2. The quantitative estimate of drug-likeness (QED) is 0.156. The Morgan fingerprint density at radius 3 is 1.60 bits per heavy atom. The second kappa shape index (κ2) is 12.9. The number of amides is 1. The minimum Gasteiger partial charge on any atom is -0.462 e. The maximum Gasteiger partial charge on any atom is 0.340 e. The van der Waals surface area contributed by atoms with Crippen molar-refractivity contribution in [2.24, 2.45) is 0 Å². The Morgan fingerprint density at radius 1 is 0.721 bits per heavy atom. The van der Waals surface area contributed by atoms with Crippen LogP contribution in [0.5, 0.6) is 0 Å². The van der Waals surface area contributed by atoms with E-state index < -0.39 is 5.97 Å². The van der Waals surface area contributed by atoms with E-state index in [-0.39, 0.29) is 17.5 Å². The molecule has 0 atom stereocenters. The number of esters is 1. The first-order valence-electron chi connectivity index (χ1n) is 13.2. The summed E-state index contributed by atoms with van der Waals surface area (Å²) in [5.41, 5.74) is 5.51. The van der Waals surface area contributed by atoms with Crippen LogP contribution < -0.4 is 5.32 Å². The number of benzene rings is 4. The molecule has 0 aliphatic rings. The average molecular weight is 709 g/mol. The normalized spacial score (nSPS) is 10.8. The molecule has 0 bridgehead atoms. The number of nitrogens with one attached hydrogen (secondary N) is 3. The topological polar surface area (TPSA) is 87.0 Å². The number of rotatable bonds is 5. The van der Waals surface area contributed by atoms with Crippen LogP contribution in [0.2, 0.25) is 0 Å². The molecule has 0 unspecified atom stereocenters. The first-order valence-corrected chi connectivity index (χ1v) is 14.8. The molecular weight excluding hydrogens is 684 g/mol. The van der Waals surface area contributed by atoms with E-state index in [2.05, 4.69) is 47.1 Å². The fourth-order valence-corrected chi connectivity index (χ4v) is 5.49. The van der Waals surface area contributed by atoms with E-state index in [1.807, 2.05) is 36.4 Å². The van der Waals surface area contributed by atoms with Gasteiger partial charge in [0.05, 0.1) is 29.1 Å². The summed E-state index contributed by atoms with van der Waals surface area (Å²) >= 11 is 6.83. The molecule has 0 saturated heterocycles. The standard InChI is InChI=1S/C17H13BrFNO2.C16H12BrFN2O/c1-2-22-17(21)15-13-9-11(18)5-8-14(13)20-16(15)10-3-6-12(19)7-4-10;1-19-16(21)14-12-8-10(17)4-7-13(12)20-15(14)9-2-5-11(18)6-3-9/h3-9,20H,2H2,1H3;2-8,20H,1H3,(H,19,21). The summed E-state index contributed by atoms with van der Waals surface area (Å²) in [4.78, 5) is 31.1. The number of aromatic nitrogens is 2. The Bertz CT molecular complexity index is 1950. The van der Waals surface area contributed by atoms with E-state index in [0.717, 1.165) is 41.9 Å². The smallest absolute Gasteiger partial charge is 0.340 e. The van der Waals surface area contributed by atoms with Crippen LogP contribution in [0.3, 0.4) is 0 Å². The Kier molecular flexibility index (Phi) is 9.08. The van der Waals surface area contributed by atoms with Gasteiger partial charge in [-0.05, 0) is 103 Å². The van der Waals surface area contributed by atoms with Crippen molar-refractivity contribution in [1.29, 1.82) is 0 Å².